The van der Waals surface area contributed by atoms with Crippen molar-refractivity contribution >= 4 is 39.3 Å². The largest absolute Gasteiger partial charge is 0.507 e. The van der Waals surface area contributed by atoms with E-state index >= 15 is 0 Å². The molecule has 0 fully saturated rings. The third-order valence-corrected chi connectivity index (χ3v) is 6.63. The Balaban J connectivity index is 1.63. The Bertz CT molecular complexity index is 1600. The van der Waals surface area contributed by atoms with Crippen LogP contribution in [-0.2, 0) is 6.61 Å². The smallest absolute Gasteiger partial charge is 0.339 e. The molecule has 1 unspecified atom stereocenters. The normalized spacial score (nSPS) is 12.2. The number of nitrogens with one attached hydrogen (secondary N) is 2. The summed E-state index contributed by atoms with van der Waals surface area (Å²) < 4.78 is 11.7. The van der Waals surface area contributed by atoms with Gasteiger partial charge in [-0.2, -0.15) is 0 Å². The number of aromatic carboxylic acids is 1. The highest BCUT2D eigenvalue weighted by atomic mass is 35.5. The summed E-state index contributed by atoms with van der Waals surface area (Å²) in [6, 6.07) is 17.6. The molecule has 2 aromatic heterocycles. The number of pyridine rings is 1. The van der Waals surface area contributed by atoms with Gasteiger partial charge in [-0.05, 0) is 36.4 Å². The van der Waals surface area contributed by atoms with Crippen LogP contribution in [-0.4, -0.2) is 41.3 Å². The van der Waals surface area contributed by atoms with Crippen molar-refractivity contribution in [3.8, 4) is 11.6 Å². The Hall–Kier alpha value is -4.11. The van der Waals surface area contributed by atoms with Crippen molar-refractivity contribution in [3.05, 3.63) is 100 Å². The van der Waals surface area contributed by atoms with Crippen molar-refractivity contribution in [1.82, 2.24) is 15.6 Å². The maximum absolute atomic E-state index is 12.2. The monoisotopic (exact) mass is 531 g/mol. The number of hydrogen-bond acceptors (Lipinski definition) is 7. The Morgan fingerprint density at radius 3 is 2.61 bits per heavy atom. The minimum absolute atomic E-state index is 0.0144. The number of furan rings is 1. The number of fused-ring (bicyclic) bond motifs is 3. The highest BCUT2D eigenvalue weighted by molar-refractivity contribution is 6.30. The van der Waals surface area contributed by atoms with Crippen molar-refractivity contribution < 1.29 is 24.2 Å². The predicted molar refractivity (Wildman–Crippen MR) is 146 cm³/mol. The van der Waals surface area contributed by atoms with E-state index in [1.54, 1.807) is 36.5 Å². The number of carboxylic acids is 1. The van der Waals surface area contributed by atoms with E-state index in [4.69, 9.17) is 20.8 Å². The second kappa shape index (κ2) is 11.1. The fraction of sp³-hybridized carbons (Fsp3) is 0.172. The van der Waals surface area contributed by atoms with Crippen molar-refractivity contribution in [3.63, 3.8) is 0 Å². The molecule has 5 rings (SSSR count). The molecule has 5 aromatic rings. The standard InChI is InChI=1S/C29H26ClN3O5/c1-31-12-13-33-26(18-10-11-32-23(14-18)37-15-17-6-8-19(30)9-7-17)25-24-22(29(35)36)16-38-28(24)21-5-3-2-4-20(21)27(25)34/h2-11,14,16,26,31,33-34H,12-13,15H2,1H3,(H,35,36). The van der Waals surface area contributed by atoms with Gasteiger partial charge in [0.05, 0.1) is 6.04 Å². The molecule has 0 aliphatic heterocycles. The number of phenolic OH excluding ortho intramolecular Hbond substituents is 1. The molecule has 3 aromatic carbocycles. The molecule has 194 valence electrons. The van der Waals surface area contributed by atoms with Gasteiger partial charge in [-0.15, -0.1) is 0 Å². The van der Waals surface area contributed by atoms with Crippen molar-refractivity contribution in [2.24, 2.45) is 0 Å². The number of rotatable bonds is 10. The Kier molecular flexibility index (Phi) is 7.46. The number of benzene rings is 3. The lowest BCUT2D eigenvalue weighted by Crippen LogP contribution is -2.30. The van der Waals surface area contributed by atoms with Gasteiger partial charge in [0.1, 0.15) is 29.8 Å². The number of phenols is 1. The van der Waals surface area contributed by atoms with Crippen molar-refractivity contribution in [2.45, 2.75) is 12.6 Å². The van der Waals surface area contributed by atoms with Crippen LogP contribution >= 0.6 is 11.6 Å². The van der Waals surface area contributed by atoms with Gasteiger partial charge in [0.25, 0.3) is 0 Å². The molecular weight excluding hydrogens is 506 g/mol. The zero-order chi connectivity index (χ0) is 26.6. The third-order valence-electron chi connectivity index (χ3n) is 6.38. The SMILES string of the molecule is CNCCNC(c1ccnc(OCc2ccc(Cl)cc2)c1)c1c(O)c2ccccc2c2occ(C(=O)O)c12. The number of likely N-dealkylation sites (N-methyl/N-ethyl adjacent to an activating group) is 1. The summed E-state index contributed by atoms with van der Waals surface area (Å²) in [7, 11) is 1.84. The summed E-state index contributed by atoms with van der Waals surface area (Å²) in [5, 5.41) is 30.3. The fourth-order valence-electron chi connectivity index (χ4n) is 4.56. The average Bonchev–Trinajstić information content (AvgIpc) is 3.38. The highest BCUT2D eigenvalue weighted by Gasteiger charge is 2.28. The quantitative estimate of drug-likeness (QED) is 0.174. The summed E-state index contributed by atoms with van der Waals surface area (Å²) in [5.41, 5.74) is 2.47. The van der Waals surface area contributed by atoms with Gasteiger partial charge in [0.15, 0.2) is 0 Å². The molecule has 38 heavy (non-hydrogen) atoms. The van der Waals surface area contributed by atoms with Crippen molar-refractivity contribution in [2.75, 3.05) is 20.1 Å². The minimum atomic E-state index is -1.14. The molecule has 0 saturated carbocycles. The van der Waals surface area contributed by atoms with E-state index in [9.17, 15) is 15.0 Å². The first-order chi connectivity index (χ1) is 18.5. The summed E-state index contributed by atoms with van der Waals surface area (Å²) in [4.78, 5) is 16.5. The lowest BCUT2D eigenvalue weighted by molar-refractivity contribution is 0.0698. The maximum Gasteiger partial charge on any atom is 0.339 e. The number of ether oxygens (including phenoxy) is 1. The topological polar surface area (TPSA) is 117 Å². The molecule has 0 aliphatic rings. The molecule has 0 amide bonds. The third kappa shape index (κ3) is 5.02. The second-order valence-corrected chi connectivity index (χ2v) is 9.24. The van der Waals surface area contributed by atoms with Gasteiger partial charge >= 0.3 is 5.97 Å². The van der Waals surface area contributed by atoms with E-state index in [1.807, 2.05) is 37.4 Å². The number of hydrogen-bond donors (Lipinski definition) is 4. The van der Waals surface area contributed by atoms with Crippen LogP contribution in [0.25, 0.3) is 21.7 Å². The summed E-state index contributed by atoms with van der Waals surface area (Å²) in [6.45, 7) is 1.48. The highest BCUT2D eigenvalue weighted by Crippen LogP contribution is 2.44. The average molecular weight is 532 g/mol. The van der Waals surface area contributed by atoms with E-state index in [2.05, 4.69) is 15.6 Å². The first kappa shape index (κ1) is 25.5. The van der Waals surface area contributed by atoms with Crippen LogP contribution in [0.5, 0.6) is 11.6 Å². The predicted octanol–water partition coefficient (Wildman–Crippen LogP) is 5.52. The lowest BCUT2D eigenvalue weighted by atomic mass is 9.90. The summed E-state index contributed by atoms with van der Waals surface area (Å²) in [6.07, 6.45) is 2.85. The Morgan fingerprint density at radius 1 is 1.11 bits per heavy atom. The molecule has 8 nitrogen and oxygen atoms in total. The number of carbonyl (C=O) groups is 1. The van der Waals surface area contributed by atoms with Crippen LogP contribution in [0.4, 0.5) is 0 Å². The molecule has 0 bridgehead atoms. The minimum Gasteiger partial charge on any atom is -0.507 e. The number of carboxylic acid groups (broad SMARTS) is 1. The second-order valence-electron chi connectivity index (χ2n) is 8.80. The number of aromatic hydroxyl groups is 1. The molecule has 2 heterocycles. The van der Waals surface area contributed by atoms with E-state index in [0.29, 0.717) is 57.9 Å². The van der Waals surface area contributed by atoms with Crippen LogP contribution in [0, 0.1) is 0 Å². The summed E-state index contributed by atoms with van der Waals surface area (Å²) in [5.74, 6) is -0.769. The molecule has 4 N–H and O–H groups in total. The van der Waals surface area contributed by atoms with Gasteiger partial charge in [-0.25, -0.2) is 9.78 Å². The van der Waals surface area contributed by atoms with Crippen LogP contribution in [0.15, 0.2) is 77.5 Å². The lowest BCUT2D eigenvalue weighted by Gasteiger charge is -2.23. The van der Waals surface area contributed by atoms with E-state index < -0.39 is 12.0 Å². The van der Waals surface area contributed by atoms with Gasteiger partial charge in [-0.3, -0.25) is 0 Å². The van der Waals surface area contributed by atoms with Crippen LogP contribution in [0.1, 0.15) is 33.1 Å². The fourth-order valence-corrected chi connectivity index (χ4v) is 4.69. The van der Waals surface area contributed by atoms with Gasteiger partial charge in [0.2, 0.25) is 5.88 Å². The maximum atomic E-state index is 12.2. The zero-order valence-electron chi connectivity index (χ0n) is 20.6. The Morgan fingerprint density at radius 2 is 1.87 bits per heavy atom. The molecule has 0 radical (unpaired) electrons. The van der Waals surface area contributed by atoms with E-state index in [0.717, 1.165) is 11.1 Å². The van der Waals surface area contributed by atoms with Crippen LogP contribution in [0.3, 0.4) is 0 Å². The van der Waals surface area contributed by atoms with Gasteiger partial charge in [-0.1, -0.05) is 48.0 Å². The summed E-state index contributed by atoms with van der Waals surface area (Å²) >= 11 is 5.98. The molecule has 1 atom stereocenters. The van der Waals surface area contributed by atoms with Crippen LogP contribution < -0.4 is 15.4 Å². The molecule has 0 aliphatic carbocycles. The first-order valence-electron chi connectivity index (χ1n) is 12.1. The number of aromatic nitrogens is 1. The molecule has 0 spiro atoms. The zero-order valence-corrected chi connectivity index (χ0v) is 21.3. The van der Waals surface area contributed by atoms with Crippen molar-refractivity contribution in [1.29, 1.82) is 0 Å². The van der Waals surface area contributed by atoms with Gasteiger partial charge in [0, 0.05) is 52.1 Å². The Labute approximate surface area is 223 Å². The van der Waals surface area contributed by atoms with Crippen LogP contribution in [0.2, 0.25) is 5.02 Å². The van der Waals surface area contributed by atoms with E-state index in [1.165, 1.54) is 6.26 Å². The molecule has 9 heteroatoms. The molecule has 0 saturated heterocycles. The first-order valence-corrected chi connectivity index (χ1v) is 12.4. The number of halogens is 1. The van der Waals surface area contributed by atoms with Gasteiger partial charge < -0.3 is 30.0 Å². The number of nitrogens with zero attached hydrogens (tertiary/aromatic N) is 1. The van der Waals surface area contributed by atoms with E-state index in [-0.39, 0.29) is 11.3 Å². The molecular formula is C29H26ClN3O5.